The number of para-hydroxylation sites is 2. The first-order chi connectivity index (χ1) is 26.3. The molecule has 0 unspecified atom stereocenters. The monoisotopic (exact) mass is 690 g/mol. The Bertz CT molecular complexity index is 3020. The summed E-state index contributed by atoms with van der Waals surface area (Å²) < 4.78 is 4.50. The predicted octanol–water partition coefficient (Wildman–Crippen LogP) is 12.2. The van der Waals surface area contributed by atoms with Crippen LogP contribution in [0.3, 0.4) is 0 Å². The summed E-state index contributed by atoms with van der Waals surface area (Å²) in [4.78, 5) is 0. The van der Waals surface area contributed by atoms with Gasteiger partial charge in [-0.2, -0.15) is 10.5 Å². The van der Waals surface area contributed by atoms with Gasteiger partial charge in [0.05, 0.1) is 44.6 Å². The Morgan fingerprint density at radius 2 is 0.796 bits per heavy atom. The fraction of sp³-hybridized carbons (Fsp3) is 0.120. The lowest BCUT2D eigenvalue weighted by Gasteiger charge is -2.22. The van der Waals surface area contributed by atoms with Gasteiger partial charge >= 0.3 is 0 Å². The molecule has 54 heavy (non-hydrogen) atoms. The zero-order valence-electron chi connectivity index (χ0n) is 30.5. The van der Waals surface area contributed by atoms with Crippen molar-refractivity contribution in [3.63, 3.8) is 0 Å². The highest BCUT2D eigenvalue weighted by Crippen LogP contribution is 2.55. The number of fused-ring (bicyclic) bond motifs is 14. The number of nitrogens with zero attached hydrogens (tertiary/aromatic N) is 4. The zero-order valence-corrected chi connectivity index (χ0v) is 30.5. The van der Waals surface area contributed by atoms with Crippen LogP contribution in [-0.4, -0.2) is 9.13 Å². The molecule has 0 saturated heterocycles. The van der Waals surface area contributed by atoms with Gasteiger partial charge < -0.3 is 9.13 Å². The lowest BCUT2D eigenvalue weighted by atomic mass is 9.82. The molecule has 0 spiro atoms. The van der Waals surface area contributed by atoms with E-state index in [0.717, 1.165) is 43.6 Å². The van der Waals surface area contributed by atoms with E-state index in [-0.39, 0.29) is 10.8 Å². The standard InChI is InChI=1S/C50H34N4/c1-49(2)35-17-9-5-13-31(35)43-37(49)23-25-41-45(43)33-15-7-11-19-39(33)53(41)47-29(27-51)21-22-30(28-52)48(47)54-40-20-12-8-16-34(40)46-42(54)26-24-38-44(46)32-14-6-10-18-36(32)50(38,3)4/h5-26H,1-4H3. The fourth-order valence-corrected chi connectivity index (χ4v) is 10.2. The minimum atomic E-state index is -0.163. The predicted molar refractivity (Wildman–Crippen MR) is 220 cm³/mol. The van der Waals surface area contributed by atoms with Crippen LogP contribution in [0.2, 0.25) is 0 Å². The van der Waals surface area contributed by atoms with E-state index in [1.807, 2.05) is 12.1 Å². The summed E-state index contributed by atoms with van der Waals surface area (Å²) in [5.41, 5.74) is 16.3. The zero-order chi connectivity index (χ0) is 36.7. The van der Waals surface area contributed by atoms with Crippen LogP contribution in [0.1, 0.15) is 61.1 Å². The van der Waals surface area contributed by atoms with Crippen molar-refractivity contribution in [1.29, 1.82) is 10.5 Å². The van der Waals surface area contributed by atoms with Crippen LogP contribution in [-0.2, 0) is 10.8 Å². The van der Waals surface area contributed by atoms with Crippen LogP contribution in [0.4, 0.5) is 0 Å². The molecule has 4 heteroatoms. The highest BCUT2D eigenvalue weighted by Gasteiger charge is 2.39. The van der Waals surface area contributed by atoms with Crippen LogP contribution >= 0.6 is 0 Å². The Morgan fingerprint density at radius 3 is 1.22 bits per heavy atom. The molecule has 2 aliphatic rings. The molecule has 2 aromatic heterocycles. The fourth-order valence-electron chi connectivity index (χ4n) is 10.2. The number of hydrogen-bond acceptors (Lipinski definition) is 2. The van der Waals surface area contributed by atoms with Crippen molar-refractivity contribution < 1.29 is 0 Å². The van der Waals surface area contributed by atoms with E-state index in [9.17, 15) is 10.5 Å². The van der Waals surface area contributed by atoms with Gasteiger partial charge in [0.25, 0.3) is 0 Å². The molecule has 0 fully saturated rings. The maximum atomic E-state index is 11.0. The van der Waals surface area contributed by atoms with E-state index < -0.39 is 0 Å². The average molecular weight is 691 g/mol. The minimum Gasteiger partial charge on any atom is -0.306 e. The van der Waals surface area contributed by atoms with Crippen LogP contribution < -0.4 is 0 Å². The third-order valence-electron chi connectivity index (χ3n) is 12.6. The number of hydrogen-bond donors (Lipinski definition) is 0. The van der Waals surface area contributed by atoms with Crippen LogP contribution in [0.5, 0.6) is 0 Å². The number of benzene rings is 7. The minimum absolute atomic E-state index is 0.163. The lowest BCUT2D eigenvalue weighted by molar-refractivity contribution is 0.660. The summed E-state index contributed by atoms with van der Waals surface area (Å²) in [5, 5.41) is 26.5. The quantitative estimate of drug-likeness (QED) is 0.181. The van der Waals surface area contributed by atoms with Gasteiger partial charge in [0.15, 0.2) is 0 Å². The van der Waals surface area contributed by atoms with E-state index >= 15 is 0 Å². The Balaban J connectivity index is 1.33. The number of nitriles is 2. The first kappa shape index (κ1) is 30.7. The SMILES string of the molecule is CC1(C)c2ccccc2-c2c1ccc1c2c2ccccc2n1-c1c(C#N)ccc(C#N)c1-n1c2ccccc2c2c3c(ccc21)C(C)(C)c1ccccc1-3. The highest BCUT2D eigenvalue weighted by atomic mass is 15.1. The van der Waals surface area contributed by atoms with Gasteiger partial charge in [-0.05, 0) is 80.9 Å². The van der Waals surface area contributed by atoms with Gasteiger partial charge in [0.1, 0.15) is 12.1 Å². The Kier molecular flexibility index (Phi) is 5.90. The second-order valence-corrected chi connectivity index (χ2v) is 15.9. The van der Waals surface area contributed by atoms with Crippen molar-refractivity contribution in [3.05, 3.63) is 167 Å². The molecule has 11 rings (SSSR count). The molecule has 9 aromatic rings. The van der Waals surface area contributed by atoms with Crippen molar-refractivity contribution in [2.75, 3.05) is 0 Å². The first-order valence-corrected chi connectivity index (χ1v) is 18.6. The summed E-state index contributed by atoms with van der Waals surface area (Å²) in [6.45, 7) is 9.24. The van der Waals surface area contributed by atoms with Gasteiger partial charge in [-0.1, -0.05) is 125 Å². The van der Waals surface area contributed by atoms with Crippen LogP contribution in [0, 0.1) is 22.7 Å². The molecule has 4 nitrogen and oxygen atoms in total. The molecule has 0 amide bonds. The second kappa shape index (κ2) is 10.4. The van der Waals surface area contributed by atoms with Crippen LogP contribution in [0.15, 0.2) is 133 Å². The summed E-state index contributed by atoms with van der Waals surface area (Å²) in [6.07, 6.45) is 0. The maximum absolute atomic E-state index is 11.0. The molecule has 0 bridgehead atoms. The molecule has 0 radical (unpaired) electrons. The van der Waals surface area contributed by atoms with Crippen molar-refractivity contribution in [2.45, 2.75) is 38.5 Å². The van der Waals surface area contributed by atoms with Gasteiger partial charge in [0.2, 0.25) is 0 Å². The molecule has 0 aliphatic heterocycles. The van der Waals surface area contributed by atoms with Crippen molar-refractivity contribution in [1.82, 2.24) is 9.13 Å². The summed E-state index contributed by atoms with van der Waals surface area (Å²) in [5.74, 6) is 0. The van der Waals surface area contributed by atoms with Gasteiger partial charge in [-0.25, -0.2) is 0 Å². The third kappa shape index (κ3) is 3.60. The molecule has 2 aliphatic carbocycles. The van der Waals surface area contributed by atoms with E-state index in [4.69, 9.17) is 0 Å². The normalized spacial score (nSPS) is 14.6. The molecular formula is C50H34N4. The van der Waals surface area contributed by atoms with Crippen molar-refractivity contribution >= 4 is 43.6 Å². The van der Waals surface area contributed by atoms with E-state index in [2.05, 4.69) is 170 Å². The Labute approximate surface area is 313 Å². The van der Waals surface area contributed by atoms with Crippen molar-refractivity contribution in [3.8, 4) is 45.8 Å². The molecule has 0 N–H and O–H groups in total. The number of aromatic nitrogens is 2. The molecule has 0 saturated carbocycles. The van der Waals surface area contributed by atoms with E-state index in [1.165, 1.54) is 44.5 Å². The van der Waals surface area contributed by atoms with Crippen LogP contribution in [0.25, 0.3) is 77.2 Å². The molecule has 7 aromatic carbocycles. The Hall–Kier alpha value is -6.88. The largest absolute Gasteiger partial charge is 0.306 e. The molecule has 0 atom stereocenters. The van der Waals surface area contributed by atoms with E-state index in [1.54, 1.807) is 0 Å². The van der Waals surface area contributed by atoms with Gasteiger partial charge in [-0.15, -0.1) is 0 Å². The first-order valence-electron chi connectivity index (χ1n) is 18.6. The molecule has 2 heterocycles. The number of rotatable bonds is 2. The molecular weight excluding hydrogens is 657 g/mol. The van der Waals surface area contributed by atoms with E-state index in [0.29, 0.717) is 22.5 Å². The molecule has 254 valence electrons. The van der Waals surface area contributed by atoms with Gasteiger partial charge in [-0.3, -0.25) is 0 Å². The Morgan fingerprint density at radius 1 is 0.407 bits per heavy atom. The average Bonchev–Trinajstić information content (AvgIpc) is 3.86. The summed E-state index contributed by atoms with van der Waals surface area (Å²) in [7, 11) is 0. The topological polar surface area (TPSA) is 57.4 Å². The van der Waals surface area contributed by atoms with Crippen molar-refractivity contribution in [2.24, 2.45) is 0 Å². The second-order valence-electron chi connectivity index (χ2n) is 15.9. The lowest BCUT2D eigenvalue weighted by Crippen LogP contribution is -2.14. The smallest absolute Gasteiger partial charge is 0.101 e. The third-order valence-corrected chi connectivity index (χ3v) is 12.6. The van der Waals surface area contributed by atoms with Gasteiger partial charge in [0, 0.05) is 32.4 Å². The summed E-state index contributed by atoms with van der Waals surface area (Å²) >= 11 is 0. The summed E-state index contributed by atoms with van der Waals surface area (Å²) in [6, 6.07) is 52.3. The highest BCUT2D eigenvalue weighted by molar-refractivity contribution is 6.20. The maximum Gasteiger partial charge on any atom is 0.101 e.